The molecule has 0 radical (unpaired) electrons. The van der Waals surface area contributed by atoms with Gasteiger partial charge in [-0.25, -0.2) is 0 Å². The molecule has 2 saturated heterocycles. The summed E-state index contributed by atoms with van der Waals surface area (Å²) in [4.78, 5) is 14.1. The van der Waals surface area contributed by atoms with Crippen molar-refractivity contribution in [1.29, 1.82) is 0 Å². The maximum Gasteiger partial charge on any atom is 0.310 e. The zero-order chi connectivity index (χ0) is 11.4. The van der Waals surface area contributed by atoms with Crippen molar-refractivity contribution in [2.75, 3.05) is 32.9 Å². The first-order chi connectivity index (χ1) is 7.81. The first kappa shape index (κ1) is 11.9. The van der Waals surface area contributed by atoms with Crippen LogP contribution in [0.15, 0.2) is 0 Å². The highest BCUT2D eigenvalue weighted by Crippen LogP contribution is 2.22. The van der Waals surface area contributed by atoms with Crippen LogP contribution in [-0.2, 0) is 14.3 Å². The Hall–Kier alpha value is -0.610. The van der Waals surface area contributed by atoms with E-state index in [0.717, 1.165) is 45.6 Å². The minimum absolute atomic E-state index is 0.0221. The summed E-state index contributed by atoms with van der Waals surface area (Å²) in [6, 6.07) is 0.525. The van der Waals surface area contributed by atoms with E-state index in [4.69, 9.17) is 9.47 Å². The molecule has 0 aromatic heterocycles. The van der Waals surface area contributed by atoms with E-state index in [1.807, 2.05) is 6.92 Å². The van der Waals surface area contributed by atoms with Crippen LogP contribution in [0.4, 0.5) is 0 Å². The molecular formula is C12H21NO3. The van der Waals surface area contributed by atoms with Crippen molar-refractivity contribution in [3.63, 3.8) is 0 Å². The first-order valence-electron chi connectivity index (χ1n) is 6.29. The Labute approximate surface area is 96.9 Å². The number of carbonyl (C=O) groups excluding carboxylic acids is 1. The van der Waals surface area contributed by atoms with Crippen LogP contribution in [0, 0.1) is 5.92 Å². The van der Waals surface area contributed by atoms with E-state index in [1.165, 1.54) is 0 Å². The molecule has 4 nitrogen and oxygen atoms in total. The molecular weight excluding hydrogens is 206 g/mol. The summed E-state index contributed by atoms with van der Waals surface area (Å²) in [7, 11) is 0. The molecule has 0 amide bonds. The maximum atomic E-state index is 11.7. The van der Waals surface area contributed by atoms with E-state index in [0.29, 0.717) is 12.6 Å². The van der Waals surface area contributed by atoms with E-state index in [-0.39, 0.29) is 11.9 Å². The van der Waals surface area contributed by atoms with E-state index < -0.39 is 0 Å². The van der Waals surface area contributed by atoms with Crippen molar-refractivity contribution in [2.45, 2.75) is 32.2 Å². The van der Waals surface area contributed by atoms with Gasteiger partial charge in [-0.05, 0) is 32.7 Å². The number of hydrogen-bond acceptors (Lipinski definition) is 4. The van der Waals surface area contributed by atoms with Gasteiger partial charge < -0.3 is 9.47 Å². The highest BCUT2D eigenvalue weighted by atomic mass is 16.5. The normalized spacial score (nSPS) is 31.6. The number of carbonyl (C=O) groups is 1. The van der Waals surface area contributed by atoms with Gasteiger partial charge in [0.1, 0.15) is 0 Å². The fourth-order valence-electron chi connectivity index (χ4n) is 2.60. The van der Waals surface area contributed by atoms with Gasteiger partial charge in [-0.1, -0.05) is 0 Å². The van der Waals surface area contributed by atoms with Crippen LogP contribution < -0.4 is 0 Å². The summed E-state index contributed by atoms with van der Waals surface area (Å²) < 4.78 is 10.5. The Balaban J connectivity index is 1.85. The molecule has 2 fully saturated rings. The van der Waals surface area contributed by atoms with Gasteiger partial charge >= 0.3 is 5.97 Å². The van der Waals surface area contributed by atoms with Crippen molar-refractivity contribution in [2.24, 2.45) is 5.92 Å². The predicted octanol–water partition coefficient (Wildman–Crippen LogP) is 1.05. The fourth-order valence-corrected chi connectivity index (χ4v) is 2.60. The second-order valence-corrected chi connectivity index (χ2v) is 4.60. The van der Waals surface area contributed by atoms with Crippen LogP contribution >= 0.6 is 0 Å². The largest absolute Gasteiger partial charge is 0.466 e. The molecule has 0 spiro atoms. The summed E-state index contributed by atoms with van der Waals surface area (Å²) in [6.07, 6.45) is 3.18. The zero-order valence-electron chi connectivity index (χ0n) is 9.98. The fraction of sp³-hybridized carbons (Fsp3) is 0.917. The average molecular weight is 227 g/mol. The molecule has 4 heteroatoms. The van der Waals surface area contributed by atoms with E-state index in [1.54, 1.807) is 0 Å². The number of hydrogen-bond donors (Lipinski definition) is 0. The standard InChI is InChI=1S/C12H21NO3/c1-2-16-12(14)10-4-3-6-13(8-10)11-5-7-15-9-11/h10-11H,2-9H2,1H3. The SMILES string of the molecule is CCOC(=O)C1CCCN(C2CCOC2)C1. The summed E-state index contributed by atoms with van der Waals surface area (Å²) in [5.41, 5.74) is 0. The van der Waals surface area contributed by atoms with Crippen LogP contribution in [0.25, 0.3) is 0 Å². The van der Waals surface area contributed by atoms with Crippen molar-refractivity contribution >= 4 is 5.97 Å². The first-order valence-corrected chi connectivity index (χ1v) is 6.29. The van der Waals surface area contributed by atoms with Crippen molar-refractivity contribution in [1.82, 2.24) is 4.90 Å². The molecule has 2 aliphatic rings. The minimum Gasteiger partial charge on any atom is -0.466 e. The summed E-state index contributed by atoms with van der Waals surface area (Å²) in [5, 5.41) is 0. The third kappa shape index (κ3) is 2.74. The lowest BCUT2D eigenvalue weighted by atomic mass is 9.96. The monoisotopic (exact) mass is 227 g/mol. The van der Waals surface area contributed by atoms with Crippen molar-refractivity contribution < 1.29 is 14.3 Å². The molecule has 16 heavy (non-hydrogen) atoms. The van der Waals surface area contributed by atoms with Crippen LogP contribution in [0.2, 0.25) is 0 Å². The van der Waals surface area contributed by atoms with Crippen LogP contribution in [0.3, 0.4) is 0 Å². The van der Waals surface area contributed by atoms with Crippen LogP contribution in [-0.4, -0.2) is 49.8 Å². The van der Waals surface area contributed by atoms with Crippen LogP contribution in [0.1, 0.15) is 26.2 Å². The lowest BCUT2D eigenvalue weighted by Gasteiger charge is -2.35. The summed E-state index contributed by atoms with van der Waals surface area (Å²) in [5.74, 6) is 0.0559. The summed E-state index contributed by atoms with van der Waals surface area (Å²) >= 11 is 0. The van der Waals surface area contributed by atoms with E-state index in [2.05, 4.69) is 4.90 Å². The molecule has 0 N–H and O–H groups in total. The Morgan fingerprint density at radius 3 is 3.06 bits per heavy atom. The molecule has 0 aromatic carbocycles. The Morgan fingerprint density at radius 1 is 1.50 bits per heavy atom. The molecule has 2 atom stereocenters. The third-order valence-corrected chi connectivity index (χ3v) is 3.49. The smallest absolute Gasteiger partial charge is 0.310 e. The number of ether oxygens (including phenoxy) is 2. The molecule has 0 saturated carbocycles. The molecule has 0 aromatic rings. The molecule has 0 aliphatic carbocycles. The summed E-state index contributed by atoms with van der Waals surface area (Å²) in [6.45, 7) is 6.00. The van der Waals surface area contributed by atoms with Crippen molar-refractivity contribution in [3.8, 4) is 0 Å². The molecule has 2 rings (SSSR count). The van der Waals surface area contributed by atoms with Crippen molar-refractivity contribution in [3.05, 3.63) is 0 Å². The third-order valence-electron chi connectivity index (χ3n) is 3.49. The molecule has 2 unspecified atom stereocenters. The van der Waals surface area contributed by atoms with Gasteiger partial charge in [0.15, 0.2) is 0 Å². The molecule has 2 aliphatic heterocycles. The number of esters is 1. The van der Waals surface area contributed by atoms with Crippen LogP contribution in [0.5, 0.6) is 0 Å². The highest BCUT2D eigenvalue weighted by Gasteiger charge is 2.31. The Bertz CT molecular complexity index is 238. The molecule has 0 bridgehead atoms. The zero-order valence-corrected chi connectivity index (χ0v) is 9.98. The van der Waals surface area contributed by atoms with E-state index in [9.17, 15) is 4.79 Å². The topological polar surface area (TPSA) is 38.8 Å². The second-order valence-electron chi connectivity index (χ2n) is 4.60. The predicted molar refractivity (Wildman–Crippen MR) is 60.2 cm³/mol. The lowest BCUT2D eigenvalue weighted by Crippen LogP contribution is -2.45. The second kappa shape index (κ2) is 5.64. The van der Waals surface area contributed by atoms with Gasteiger partial charge in [0.2, 0.25) is 0 Å². The van der Waals surface area contributed by atoms with E-state index >= 15 is 0 Å². The van der Waals surface area contributed by atoms with Gasteiger partial charge in [-0.3, -0.25) is 9.69 Å². The molecule has 2 heterocycles. The Morgan fingerprint density at radius 2 is 2.38 bits per heavy atom. The number of nitrogens with zero attached hydrogens (tertiary/aromatic N) is 1. The lowest BCUT2D eigenvalue weighted by molar-refractivity contribution is -0.150. The van der Waals surface area contributed by atoms with Gasteiger partial charge in [0, 0.05) is 19.2 Å². The number of likely N-dealkylation sites (tertiary alicyclic amines) is 1. The molecule has 92 valence electrons. The maximum absolute atomic E-state index is 11.7. The average Bonchev–Trinajstić information content (AvgIpc) is 2.83. The van der Waals surface area contributed by atoms with Gasteiger partial charge in [0.05, 0.1) is 19.1 Å². The van der Waals surface area contributed by atoms with Gasteiger partial charge in [-0.15, -0.1) is 0 Å². The Kier molecular flexibility index (Phi) is 4.18. The highest BCUT2D eigenvalue weighted by molar-refractivity contribution is 5.72. The number of rotatable bonds is 3. The number of piperidine rings is 1. The minimum atomic E-state index is -0.0221. The van der Waals surface area contributed by atoms with Gasteiger partial charge in [0.25, 0.3) is 0 Å². The van der Waals surface area contributed by atoms with Gasteiger partial charge in [-0.2, -0.15) is 0 Å². The quantitative estimate of drug-likeness (QED) is 0.676.